The van der Waals surface area contributed by atoms with E-state index >= 15 is 0 Å². The third-order valence-electron chi connectivity index (χ3n) is 6.71. The fourth-order valence-electron chi connectivity index (χ4n) is 4.96. The Morgan fingerprint density at radius 3 is 2.73 bits per heavy atom. The van der Waals surface area contributed by atoms with Crippen molar-refractivity contribution in [1.82, 2.24) is 25.1 Å². The molecule has 0 radical (unpaired) electrons. The first-order chi connectivity index (χ1) is 16.0. The van der Waals surface area contributed by atoms with E-state index in [0.29, 0.717) is 24.7 Å². The average Bonchev–Trinajstić information content (AvgIpc) is 3.28. The molecule has 0 saturated carbocycles. The van der Waals surface area contributed by atoms with Crippen LogP contribution in [0.2, 0.25) is 0 Å². The highest BCUT2D eigenvalue weighted by molar-refractivity contribution is 5.94. The number of fused-ring (bicyclic) bond motifs is 1. The molecule has 1 aliphatic heterocycles. The van der Waals surface area contributed by atoms with Crippen LogP contribution >= 0.6 is 0 Å². The van der Waals surface area contributed by atoms with Crippen LogP contribution in [-0.2, 0) is 12.8 Å². The van der Waals surface area contributed by atoms with Gasteiger partial charge in [-0.25, -0.2) is 14.4 Å². The van der Waals surface area contributed by atoms with Gasteiger partial charge in [-0.05, 0) is 56.2 Å². The van der Waals surface area contributed by atoms with Crippen LogP contribution in [0.15, 0.2) is 30.5 Å². The van der Waals surface area contributed by atoms with Gasteiger partial charge < -0.3 is 9.80 Å². The van der Waals surface area contributed by atoms with Gasteiger partial charge in [-0.3, -0.25) is 9.89 Å². The fraction of sp³-hybridized carbons (Fsp3) is 0.440. The van der Waals surface area contributed by atoms with Gasteiger partial charge >= 0.3 is 0 Å². The minimum atomic E-state index is -0.275. The molecular weight excluding hydrogens is 419 g/mol. The maximum Gasteiger partial charge on any atom is 0.274 e. The summed E-state index contributed by atoms with van der Waals surface area (Å²) in [5, 5.41) is 7.49. The molecule has 2 aromatic heterocycles. The zero-order valence-corrected chi connectivity index (χ0v) is 19.1. The average molecular weight is 449 g/mol. The maximum atomic E-state index is 13.5. The fourth-order valence-corrected chi connectivity index (χ4v) is 4.96. The van der Waals surface area contributed by atoms with Crippen LogP contribution in [0, 0.1) is 5.82 Å². The number of halogens is 1. The standard InChI is InChI=1S/C25H29FN6O/c1-31(2)25-27-14-20(16-9-11-18(26)12-10-16)22(28-25)17-6-5-13-32(15-17)24(33)23-19-7-3-4-8-21(19)29-30-23/h9-12,14,17H,3-8,13,15H2,1-2H3,(H,29,30)/t17-/m1/s1. The Morgan fingerprint density at radius 1 is 1.15 bits per heavy atom. The Hall–Kier alpha value is -3.29. The molecule has 33 heavy (non-hydrogen) atoms. The number of aromatic amines is 1. The molecule has 1 aliphatic carbocycles. The number of H-pyrrole nitrogens is 1. The van der Waals surface area contributed by atoms with Crippen molar-refractivity contribution in [3.63, 3.8) is 0 Å². The van der Waals surface area contributed by atoms with Crippen molar-refractivity contribution in [3.8, 4) is 11.1 Å². The third-order valence-corrected chi connectivity index (χ3v) is 6.71. The number of carbonyl (C=O) groups is 1. The molecule has 5 rings (SSSR count). The molecule has 1 atom stereocenters. The van der Waals surface area contributed by atoms with Gasteiger partial charge in [0.05, 0.1) is 5.69 Å². The number of nitrogens with one attached hydrogen (secondary N) is 1. The van der Waals surface area contributed by atoms with Crippen LogP contribution in [-0.4, -0.2) is 58.2 Å². The van der Waals surface area contributed by atoms with Crippen molar-refractivity contribution in [2.24, 2.45) is 0 Å². The van der Waals surface area contributed by atoms with Crippen molar-refractivity contribution in [2.45, 2.75) is 44.4 Å². The Morgan fingerprint density at radius 2 is 1.94 bits per heavy atom. The van der Waals surface area contributed by atoms with Crippen molar-refractivity contribution in [3.05, 3.63) is 58.9 Å². The predicted molar refractivity (Wildman–Crippen MR) is 125 cm³/mol. The predicted octanol–water partition coefficient (Wildman–Crippen LogP) is 3.97. The van der Waals surface area contributed by atoms with E-state index in [2.05, 4.69) is 15.2 Å². The highest BCUT2D eigenvalue weighted by Crippen LogP contribution is 2.35. The maximum absolute atomic E-state index is 13.5. The number of nitrogens with zero attached hydrogens (tertiary/aromatic N) is 5. The molecule has 1 fully saturated rings. The third kappa shape index (κ3) is 4.21. The number of rotatable bonds is 4. The minimum absolute atomic E-state index is 0.00400. The summed E-state index contributed by atoms with van der Waals surface area (Å²) in [7, 11) is 3.82. The Bertz CT molecular complexity index is 1160. The zero-order valence-electron chi connectivity index (χ0n) is 19.1. The van der Waals surface area contributed by atoms with Gasteiger partial charge in [0.1, 0.15) is 5.82 Å². The smallest absolute Gasteiger partial charge is 0.274 e. The summed E-state index contributed by atoms with van der Waals surface area (Å²) in [6, 6.07) is 6.43. The molecule has 0 unspecified atom stereocenters. The van der Waals surface area contributed by atoms with Gasteiger partial charge in [0.25, 0.3) is 5.91 Å². The summed E-state index contributed by atoms with van der Waals surface area (Å²) < 4.78 is 13.5. The second-order valence-electron chi connectivity index (χ2n) is 9.20. The van der Waals surface area contributed by atoms with Gasteiger partial charge in [0, 0.05) is 56.1 Å². The van der Waals surface area contributed by atoms with Gasteiger partial charge in [-0.2, -0.15) is 5.10 Å². The van der Waals surface area contributed by atoms with Crippen LogP contribution < -0.4 is 4.90 Å². The lowest BCUT2D eigenvalue weighted by Crippen LogP contribution is -2.40. The number of aryl methyl sites for hydroxylation is 1. The summed E-state index contributed by atoms with van der Waals surface area (Å²) in [5.41, 5.74) is 5.46. The highest BCUT2D eigenvalue weighted by Gasteiger charge is 2.31. The Balaban J connectivity index is 1.46. The molecule has 1 amide bonds. The number of amides is 1. The summed E-state index contributed by atoms with van der Waals surface area (Å²) in [6.45, 7) is 1.30. The van der Waals surface area contributed by atoms with E-state index in [4.69, 9.17) is 4.98 Å². The van der Waals surface area contributed by atoms with Gasteiger partial charge in [0.2, 0.25) is 5.95 Å². The highest BCUT2D eigenvalue weighted by atomic mass is 19.1. The van der Waals surface area contributed by atoms with Crippen LogP contribution in [0.3, 0.4) is 0 Å². The lowest BCUT2D eigenvalue weighted by Gasteiger charge is -2.33. The zero-order chi connectivity index (χ0) is 22.9. The quantitative estimate of drug-likeness (QED) is 0.654. The topological polar surface area (TPSA) is 78.0 Å². The molecule has 1 N–H and O–H groups in total. The van der Waals surface area contributed by atoms with E-state index in [0.717, 1.165) is 66.6 Å². The second-order valence-corrected chi connectivity index (χ2v) is 9.20. The van der Waals surface area contributed by atoms with E-state index in [1.165, 1.54) is 12.1 Å². The van der Waals surface area contributed by atoms with E-state index in [1.54, 1.807) is 12.1 Å². The van der Waals surface area contributed by atoms with Crippen LogP contribution in [0.1, 0.15) is 59.0 Å². The molecule has 172 valence electrons. The molecule has 0 spiro atoms. The molecule has 0 bridgehead atoms. The number of likely N-dealkylation sites (tertiary alicyclic amines) is 1. The van der Waals surface area contributed by atoms with E-state index in [9.17, 15) is 9.18 Å². The molecule has 3 heterocycles. The van der Waals surface area contributed by atoms with Crippen molar-refractivity contribution >= 4 is 11.9 Å². The number of aromatic nitrogens is 4. The summed E-state index contributed by atoms with van der Waals surface area (Å²) in [6.07, 6.45) is 7.77. The molecule has 7 nitrogen and oxygen atoms in total. The van der Waals surface area contributed by atoms with Gasteiger partial charge in [-0.15, -0.1) is 0 Å². The number of hydrogen-bond acceptors (Lipinski definition) is 5. The molecule has 8 heteroatoms. The first-order valence-electron chi connectivity index (χ1n) is 11.7. The number of anilines is 1. The first kappa shape index (κ1) is 21.6. The molecule has 1 saturated heterocycles. The number of benzene rings is 1. The van der Waals surface area contributed by atoms with Crippen LogP contribution in [0.4, 0.5) is 10.3 Å². The van der Waals surface area contributed by atoms with Crippen molar-refractivity contribution in [2.75, 3.05) is 32.1 Å². The van der Waals surface area contributed by atoms with Crippen LogP contribution in [0.25, 0.3) is 11.1 Å². The molecule has 2 aliphatic rings. The lowest BCUT2D eigenvalue weighted by atomic mass is 9.89. The molecule has 1 aromatic carbocycles. The van der Waals surface area contributed by atoms with E-state index in [1.807, 2.05) is 30.1 Å². The molecule has 3 aromatic rings. The van der Waals surface area contributed by atoms with Gasteiger partial charge in [-0.1, -0.05) is 12.1 Å². The lowest BCUT2D eigenvalue weighted by molar-refractivity contribution is 0.0698. The van der Waals surface area contributed by atoms with Crippen LogP contribution in [0.5, 0.6) is 0 Å². The Kier molecular flexibility index (Phi) is 5.83. The largest absolute Gasteiger partial charge is 0.347 e. The van der Waals surface area contributed by atoms with Crippen molar-refractivity contribution < 1.29 is 9.18 Å². The van der Waals surface area contributed by atoms with Crippen molar-refractivity contribution in [1.29, 1.82) is 0 Å². The summed E-state index contributed by atoms with van der Waals surface area (Å²) >= 11 is 0. The van der Waals surface area contributed by atoms with E-state index in [-0.39, 0.29) is 17.6 Å². The summed E-state index contributed by atoms with van der Waals surface area (Å²) in [5.74, 6) is 0.423. The monoisotopic (exact) mass is 448 g/mol. The molecular formula is C25H29FN6O. The second kappa shape index (κ2) is 8.92. The first-order valence-corrected chi connectivity index (χ1v) is 11.7. The Labute approximate surface area is 193 Å². The summed E-state index contributed by atoms with van der Waals surface area (Å²) in [4.78, 5) is 26.6. The van der Waals surface area contributed by atoms with E-state index < -0.39 is 0 Å². The minimum Gasteiger partial charge on any atom is -0.347 e. The number of carbonyl (C=O) groups excluding carboxylic acids is 1. The normalized spacial score (nSPS) is 18.2. The SMILES string of the molecule is CN(C)c1ncc(-c2ccc(F)cc2)c([C@@H]2CCCN(C(=O)c3n[nH]c4c3CCCC4)C2)n1. The number of piperidine rings is 1. The van der Waals surface area contributed by atoms with Gasteiger partial charge in [0.15, 0.2) is 5.69 Å². The number of hydrogen-bond donors (Lipinski definition) is 1.